The molecule has 3 nitrogen and oxygen atoms in total. The fourth-order valence-corrected chi connectivity index (χ4v) is 2.95. The van der Waals surface area contributed by atoms with Crippen molar-refractivity contribution in [2.75, 3.05) is 0 Å². The lowest BCUT2D eigenvalue weighted by molar-refractivity contribution is 0.249. The van der Waals surface area contributed by atoms with Crippen LogP contribution in [-0.2, 0) is 6.42 Å². The van der Waals surface area contributed by atoms with E-state index in [1.54, 1.807) is 0 Å². The Bertz CT molecular complexity index is 450. The molecule has 0 aliphatic heterocycles. The average Bonchev–Trinajstić information content (AvgIpc) is 2.33. The molecular weight excluding hydrogens is 214 g/mol. The van der Waals surface area contributed by atoms with Gasteiger partial charge in [0.15, 0.2) is 5.75 Å². The number of pyridine rings is 1. The van der Waals surface area contributed by atoms with Crippen LogP contribution in [0.2, 0.25) is 0 Å². The van der Waals surface area contributed by atoms with Crippen LogP contribution in [0.1, 0.15) is 51.3 Å². The first-order valence-electron chi connectivity index (χ1n) is 6.58. The summed E-state index contributed by atoms with van der Waals surface area (Å²) < 4.78 is 2.13. The van der Waals surface area contributed by atoms with Gasteiger partial charge in [0.25, 0.3) is 0 Å². The molecule has 94 valence electrons. The molecule has 0 aromatic carbocycles. The zero-order valence-electron chi connectivity index (χ0n) is 10.6. The van der Waals surface area contributed by atoms with E-state index < -0.39 is 0 Å². The van der Waals surface area contributed by atoms with E-state index in [-0.39, 0.29) is 11.2 Å². The van der Waals surface area contributed by atoms with Gasteiger partial charge in [0, 0.05) is 18.3 Å². The summed E-state index contributed by atoms with van der Waals surface area (Å²) in [6.07, 6.45) is 7.48. The van der Waals surface area contributed by atoms with Crippen LogP contribution in [-0.4, -0.2) is 9.67 Å². The molecular formula is C14H21NO2. The zero-order valence-corrected chi connectivity index (χ0v) is 10.6. The molecule has 2 rings (SSSR count). The maximum atomic E-state index is 11.5. The van der Waals surface area contributed by atoms with Gasteiger partial charge < -0.3 is 9.67 Å². The first kappa shape index (κ1) is 12.2. The minimum atomic E-state index is -0.262. The van der Waals surface area contributed by atoms with Gasteiger partial charge in [-0.05, 0) is 25.2 Å². The minimum Gasteiger partial charge on any atom is -0.503 e. The van der Waals surface area contributed by atoms with E-state index in [1.807, 2.05) is 13.1 Å². The summed E-state index contributed by atoms with van der Waals surface area (Å²) in [5.41, 5.74) is 0.526. The molecule has 1 aromatic rings. The SMILES string of the molecule is CCc1c(O)c(=O)ccn1C1CCCCC1C. The van der Waals surface area contributed by atoms with E-state index in [0.29, 0.717) is 18.4 Å². The first-order chi connectivity index (χ1) is 8.15. The van der Waals surface area contributed by atoms with Gasteiger partial charge >= 0.3 is 0 Å². The Morgan fingerprint density at radius 1 is 1.41 bits per heavy atom. The van der Waals surface area contributed by atoms with Gasteiger partial charge in [-0.3, -0.25) is 4.79 Å². The lowest BCUT2D eigenvalue weighted by atomic mass is 9.85. The molecule has 2 atom stereocenters. The van der Waals surface area contributed by atoms with Crippen LogP contribution in [0.4, 0.5) is 0 Å². The Balaban J connectivity index is 2.44. The van der Waals surface area contributed by atoms with E-state index in [0.717, 1.165) is 12.1 Å². The van der Waals surface area contributed by atoms with Gasteiger partial charge in [-0.1, -0.05) is 26.7 Å². The van der Waals surface area contributed by atoms with E-state index in [4.69, 9.17) is 0 Å². The van der Waals surface area contributed by atoms with Crippen molar-refractivity contribution in [2.45, 2.75) is 52.0 Å². The molecule has 0 radical (unpaired) electrons. The highest BCUT2D eigenvalue weighted by molar-refractivity contribution is 5.27. The third-order valence-electron chi connectivity index (χ3n) is 3.96. The van der Waals surface area contributed by atoms with Gasteiger partial charge in [-0.15, -0.1) is 0 Å². The molecule has 0 bridgehead atoms. The molecule has 1 aliphatic carbocycles. The highest BCUT2D eigenvalue weighted by Crippen LogP contribution is 2.35. The molecule has 0 spiro atoms. The highest BCUT2D eigenvalue weighted by atomic mass is 16.3. The maximum Gasteiger partial charge on any atom is 0.223 e. The Morgan fingerprint density at radius 2 is 2.12 bits per heavy atom. The lowest BCUT2D eigenvalue weighted by Crippen LogP contribution is -2.24. The van der Waals surface area contributed by atoms with Gasteiger partial charge in [0.1, 0.15) is 0 Å². The molecule has 1 aliphatic rings. The predicted molar refractivity (Wildman–Crippen MR) is 68.4 cm³/mol. The van der Waals surface area contributed by atoms with E-state index >= 15 is 0 Å². The number of rotatable bonds is 2. The molecule has 0 amide bonds. The lowest BCUT2D eigenvalue weighted by Gasteiger charge is -2.32. The normalized spacial score (nSPS) is 24.8. The van der Waals surface area contributed by atoms with Crippen LogP contribution >= 0.6 is 0 Å². The molecule has 2 unspecified atom stereocenters. The maximum absolute atomic E-state index is 11.5. The van der Waals surface area contributed by atoms with Crippen molar-refractivity contribution in [3.63, 3.8) is 0 Å². The quantitative estimate of drug-likeness (QED) is 0.856. The van der Waals surface area contributed by atoms with E-state index in [1.165, 1.54) is 25.3 Å². The molecule has 0 saturated heterocycles. The summed E-state index contributed by atoms with van der Waals surface area (Å²) in [6, 6.07) is 1.92. The third-order valence-corrected chi connectivity index (χ3v) is 3.96. The average molecular weight is 235 g/mol. The summed E-state index contributed by atoms with van der Waals surface area (Å²) in [5.74, 6) is 0.559. The van der Waals surface area contributed by atoms with Crippen LogP contribution in [0.15, 0.2) is 17.1 Å². The summed E-state index contributed by atoms with van der Waals surface area (Å²) in [7, 11) is 0. The standard InChI is InChI=1S/C14H21NO2/c1-3-11-14(17)13(16)8-9-15(11)12-7-5-4-6-10(12)2/h8-10,12,17H,3-7H2,1-2H3. The molecule has 1 saturated carbocycles. The predicted octanol–water partition coefficient (Wildman–Crippen LogP) is 2.87. The number of nitrogens with zero attached hydrogens (tertiary/aromatic N) is 1. The highest BCUT2D eigenvalue weighted by Gasteiger charge is 2.24. The van der Waals surface area contributed by atoms with Crippen LogP contribution < -0.4 is 5.43 Å². The van der Waals surface area contributed by atoms with Crippen LogP contribution in [0, 0.1) is 5.92 Å². The van der Waals surface area contributed by atoms with Crippen molar-refractivity contribution in [2.24, 2.45) is 5.92 Å². The van der Waals surface area contributed by atoms with Crippen molar-refractivity contribution in [1.29, 1.82) is 0 Å². The Hall–Kier alpha value is -1.25. The molecule has 3 heteroatoms. The largest absolute Gasteiger partial charge is 0.503 e. The zero-order chi connectivity index (χ0) is 12.4. The smallest absolute Gasteiger partial charge is 0.223 e. The fourth-order valence-electron chi connectivity index (χ4n) is 2.95. The van der Waals surface area contributed by atoms with Crippen molar-refractivity contribution in [1.82, 2.24) is 4.57 Å². The Kier molecular flexibility index (Phi) is 3.55. The number of aromatic nitrogens is 1. The fraction of sp³-hybridized carbons (Fsp3) is 0.643. The molecule has 17 heavy (non-hydrogen) atoms. The monoisotopic (exact) mass is 235 g/mol. The summed E-state index contributed by atoms with van der Waals surface area (Å²) in [4.78, 5) is 11.5. The van der Waals surface area contributed by atoms with Gasteiger partial charge in [0.05, 0.1) is 5.69 Å². The third kappa shape index (κ3) is 2.24. The van der Waals surface area contributed by atoms with Crippen molar-refractivity contribution in [3.05, 3.63) is 28.2 Å². The topological polar surface area (TPSA) is 42.2 Å². The molecule has 1 N–H and O–H groups in total. The molecule has 1 aromatic heterocycles. The second kappa shape index (κ2) is 4.94. The van der Waals surface area contributed by atoms with Gasteiger partial charge in [0.2, 0.25) is 5.43 Å². The first-order valence-corrected chi connectivity index (χ1v) is 6.58. The number of hydrogen-bond donors (Lipinski definition) is 1. The Morgan fingerprint density at radius 3 is 2.76 bits per heavy atom. The van der Waals surface area contributed by atoms with E-state index in [2.05, 4.69) is 11.5 Å². The van der Waals surface area contributed by atoms with Crippen molar-refractivity contribution < 1.29 is 5.11 Å². The van der Waals surface area contributed by atoms with Gasteiger partial charge in [-0.2, -0.15) is 0 Å². The van der Waals surface area contributed by atoms with Crippen LogP contribution in [0.3, 0.4) is 0 Å². The van der Waals surface area contributed by atoms with E-state index in [9.17, 15) is 9.90 Å². The van der Waals surface area contributed by atoms with Gasteiger partial charge in [-0.25, -0.2) is 0 Å². The number of hydrogen-bond acceptors (Lipinski definition) is 2. The van der Waals surface area contributed by atoms with Crippen molar-refractivity contribution in [3.8, 4) is 5.75 Å². The summed E-state index contributed by atoms with van der Waals surface area (Å²) >= 11 is 0. The summed E-state index contributed by atoms with van der Waals surface area (Å²) in [5, 5.41) is 9.86. The van der Waals surface area contributed by atoms with Crippen LogP contribution in [0.5, 0.6) is 5.75 Å². The minimum absolute atomic E-state index is 0.0622. The second-order valence-corrected chi connectivity index (χ2v) is 5.07. The second-order valence-electron chi connectivity index (χ2n) is 5.07. The summed E-state index contributed by atoms with van der Waals surface area (Å²) in [6.45, 7) is 4.25. The molecule has 1 heterocycles. The van der Waals surface area contributed by atoms with Crippen LogP contribution in [0.25, 0.3) is 0 Å². The Labute approximate surface area is 102 Å². The van der Waals surface area contributed by atoms with Crippen molar-refractivity contribution >= 4 is 0 Å². The number of aromatic hydroxyl groups is 1. The molecule has 1 fully saturated rings.